The Kier molecular flexibility index (Phi) is 6.47. The van der Waals surface area contributed by atoms with E-state index in [4.69, 9.17) is 27.9 Å². The van der Waals surface area contributed by atoms with E-state index in [1.54, 1.807) is 23.7 Å². The summed E-state index contributed by atoms with van der Waals surface area (Å²) >= 11 is 12.8. The summed E-state index contributed by atoms with van der Waals surface area (Å²) in [4.78, 5) is 30.4. The van der Waals surface area contributed by atoms with Gasteiger partial charge in [0.15, 0.2) is 11.2 Å². The van der Waals surface area contributed by atoms with E-state index in [1.807, 2.05) is 30.3 Å². The predicted octanol–water partition coefficient (Wildman–Crippen LogP) is 5.63. The smallest absolute Gasteiger partial charge is 0.332 e. The van der Waals surface area contributed by atoms with Crippen LogP contribution in [0.5, 0.6) is 11.8 Å². The van der Waals surface area contributed by atoms with E-state index in [-0.39, 0.29) is 23.7 Å². The van der Waals surface area contributed by atoms with Crippen molar-refractivity contribution >= 4 is 34.4 Å². The first-order valence-electron chi connectivity index (χ1n) is 11.7. The van der Waals surface area contributed by atoms with Gasteiger partial charge in [0.1, 0.15) is 5.75 Å². The molecule has 0 spiro atoms. The van der Waals surface area contributed by atoms with E-state index in [0.717, 1.165) is 28.5 Å². The number of benzene rings is 2. The van der Waals surface area contributed by atoms with Crippen molar-refractivity contribution in [3.8, 4) is 11.8 Å². The molecule has 1 saturated carbocycles. The summed E-state index contributed by atoms with van der Waals surface area (Å²) in [5, 5.41) is 1.22. The fourth-order valence-corrected chi connectivity index (χ4v) is 5.27. The molecule has 0 bridgehead atoms. The third-order valence-electron chi connectivity index (χ3n) is 6.82. The Morgan fingerprint density at radius 2 is 1.74 bits per heavy atom. The zero-order valence-electron chi connectivity index (χ0n) is 19.6. The van der Waals surface area contributed by atoms with Crippen LogP contribution in [0, 0.1) is 0 Å². The number of imidazole rings is 1. The van der Waals surface area contributed by atoms with E-state index in [1.165, 1.54) is 30.9 Å². The molecule has 0 N–H and O–H groups in total. The molecule has 0 unspecified atom stereocenters. The van der Waals surface area contributed by atoms with Crippen molar-refractivity contribution in [3.05, 3.63) is 84.5 Å². The summed E-state index contributed by atoms with van der Waals surface area (Å²) in [6, 6.07) is 13.2. The highest BCUT2D eigenvalue weighted by Crippen LogP contribution is 2.40. The Hall–Kier alpha value is -3.03. The standard InChI is InChI=1S/C26H26Cl2N4O3/c1-30-23-22(24(33)31(2)26(30)34)32(15-17-10-6-7-11-20(17)28)25(29-23)35-21-13-12-18(27)14-19(21)16-8-4-3-5-9-16/h6-7,10-14,16H,3-5,8-9,15H2,1-2H3. The van der Waals surface area contributed by atoms with Gasteiger partial charge in [0.25, 0.3) is 5.56 Å². The van der Waals surface area contributed by atoms with Gasteiger partial charge in [-0.05, 0) is 54.2 Å². The van der Waals surface area contributed by atoms with Crippen LogP contribution in [-0.2, 0) is 20.6 Å². The molecule has 0 atom stereocenters. The minimum Gasteiger partial charge on any atom is -0.425 e. The summed E-state index contributed by atoms with van der Waals surface area (Å²) in [6.45, 7) is 0.255. The lowest BCUT2D eigenvalue weighted by Gasteiger charge is -2.24. The van der Waals surface area contributed by atoms with E-state index in [0.29, 0.717) is 21.7 Å². The summed E-state index contributed by atoms with van der Waals surface area (Å²) < 4.78 is 10.5. The molecule has 2 heterocycles. The molecule has 0 saturated heterocycles. The van der Waals surface area contributed by atoms with Gasteiger partial charge < -0.3 is 4.74 Å². The van der Waals surface area contributed by atoms with Crippen LogP contribution < -0.4 is 16.0 Å². The zero-order chi connectivity index (χ0) is 24.7. The topological polar surface area (TPSA) is 71.1 Å². The van der Waals surface area contributed by atoms with Crippen LogP contribution in [-0.4, -0.2) is 18.7 Å². The molecule has 2 aromatic heterocycles. The molecule has 0 aliphatic heterocycles. The van der Waals surface area contributed by atoms with Crippen molar-refractivity contribution in [2.24, 2.45) is 14.1 Å². The lowest BCUT2D eigenvalue weighted by atomic mass is 9.84. The van der Waals surface area contributed by atoms with Crippen LogP contribution in [0.15, 0.2) is 52.1 Å². The number of nitrogens with zero attached hydrogens (tertiary/aromatic N) is 4. The number of ether oxygens (including phenoxy) is 1. The second kappa shape index (κ2) is 9.55. The van der Waals surface area contributed by atoms with Crippen LogP contribution in [0.3, 0.4) is 0 Å². The number of hydrogen-bond donors (Lipinski definition) is 0. The predicted molar refractivity (Wildman–Crippen MR) is 138 cm³/mol. The molecule has 1 aliphatic rings. The molecule has 0 amide bonds. The first-order chi connectivity index (χ1) is 16.8. The third-order valence-corrected chi connectivity index (χ3v) is 7.42. The quantitative estimate of drug-likeness (QED) is 0.347. The third kappa shape index (κ3) is 4.39. The van der Waals surface area contributed by atoms with Crippen molar-refractivity contribution in [1.29, 1.82) is 0 Å². The van der Waals surface area contributed by atoms with Gasteiger partial charge >= 0.3 is 11.7 Å². The van der Waals surface area contributed by atoms with Crippen molar-refractivity contribution in [3.63, 3.8) is 0 Å². The van der Waals surface area contributed by atoms with Gasteiger partial charge in [-0.2, -0.15) is 4.98 Å². The van der Waals surface area contributed by atoms with Crippen LogP contribution in [0.4, 0.5) is 0 Å². The highest BCUT2D eigenvalue weighted by atomic mass is 35.5. The molecule has 35 heavy (non-hydrogen) atoms. The first kappa shape index (κ1) is 23.7. The SMILES string of the molecule is Cn1c(=O)c2c(nc(Oc3ccc(Cl)cc3C3CCCCC3)n2Cc2ccccc2Cl)n(C)c1=O. The number of aromatic nitrogens is 4. The maximum Gasteiger partial charge on any atom is 0.332 e. The van der Waals surface area contributed by atoms with Crippen molar-refractivity contribution < 1.29 is 4.74 Å². The highest BCUT2D eigenvalue weighted by molar-refractivity contribution is 6.31. The second-order valence-corrected chi connectivity index (χ2v) is 9.91. The Morgan fingerprint density at radius 1 is 1.00 bits per heavy atom. The minimum absolute atomic E-state index is 0.220. The van der Waals surface area contributed by atoms with Gasteiger partial charge in [0, 0.05) is 24.1 Å². The number of rotatable bonds is 5. The van der Waals surface area contributed by atoms with Crippen LogP contribution in [0.1, 0.15) is 49.1 Å². The molecule has 182 valence electrons. The molecular formula is C26H26Cl2N4O3. The number of hydrogen-bond acceptors (Lipinski definition) is 4. The minimum atomic E-state index is -0.453. The van der Waals surface area contributed by atoms with E-state index in [2.05, 4.69) is 4.98 Å². The average Bonchev–Trinajstić information content (AvgIpc) is 3.22. The van der Waals surface area contributed by atoms with Crippen molar-refractivity contribution in [1.82, 2.24) is 18.7 Å². The molecule has 9 heteroatoms. The Morgan fingerprint density at radius 3 is 2.49 bits per heavy atom. The maximum absolute atomic E-state index is 13.2. The molecular weight excluding hydrogens is 487 g/mol. The van der Waals surface area contributed by atoms with Gasteiger partial charge in [-0.25, -0.2) is 4.79 Å². The van der Waals surface area contributed by atoms with Gasteiger partial charge in [-0.3, -0.25) is 18.5 Å². The number of aryl methyl sites for hydroxylation is 1. The fraction of sp³-hybridized carbons (Fsp3) is 0.346. The monoisotopic (exact) mass is 512 g/mol. The fourth-order valence-electron chi connectivity index (χ4n) is 4.89. The van der Waals surface area contributed by atoms with Gasteiger partial charge in [-0.15, -0.1) is 0 Å². The largest absolute Gasteiger partial charge is 0.425 e. The van der Waals surface area contributed by atoms with Crippen LogP contribution in [0.2, 0.25) is 10.0 Å². The average molecular weight is 513 g/mol. The molecule has 1 aliphatic carbocycles. The zero-order valence-corrected chi connectivity index (χ0v) is 21.1. The van der Waals surface area contributed by atoms with Gasteiger partial charge in [-0.1, -0.05) is 60.7 Å². The van der Waals surface area contributed by atoms with Crippen molar-refractivity contribution in [2.75, 3.05) is 0 Å². The van der Waals surface area contributed by atoms with Crippen LogP contribution in [0.25, 0.3) is 11.2 Å². The Balaban J connectivity index is 1.69. The molecule has 5 rings (SSSR count). The van der Waals surface area contributed by atoms with E-state index >= 15 is 0 Å². The van der Waals surface area contributed by atoms with Crippen molar-refractivity contribution in [2.45, 2.75) is 44.6 Å². The highest BCUT2D eigenvalue weighted by Gasteiger charge is 2.24. The molecule has 4 aromatic rings. The molecule has 7 nitrogen and oxygen atoms in total. The van der Waals surface area contributed by atoms with Gasteiger partial charge in [0.2, 0.25) is 0 Å². The number of fused-ring (bicyclic) bond motifs is 1. The first-order valence-corrected chi connectivity index (χ1v) is 12.5. The maximum atomic E-state index is 13.2. The van der Waals surface area contributed by atoms with E-state index < -0.39 is 11.2 Å². The van der Waals surface area contributed by atoms with Gasteiger partial charge in [0.05, 0.1) is 6.54 Å². The normalized spacial score (nSPS) is 14.5. The lowest BCUT2D eigenvalue weighted by molar-refractivity contribution is 0.394. The number of halogens is 2. The second-order valence-electron chi connectivity index (χ2n) is 9.07. The van der Waals surface area contributed by atoms with Crippen LogP contribution >= 0.6 is 23.2 Å². The molecule has 2 aromatic carbocycles. The molecule has 1 fully saturated rings. The lowest BCUT2D eigenvalue weighted by Crippen LogP contribution is -2.37. The summed E-state index contributed by atoms with van der Waals surface area (Å²) in [6.07, 6.45) is 5.71. The van der Waals surface area contributed by atoms with E-state index in [9.17, 15) is 9.59 Å². The summed E-state index contributed by atoms with van der Waals surface area (Å²) in [5.41, 5.74) is 1.48. The Bertz CT molecular complexity index is 1530. The Labute approximate surface area is 212 Å². The summed E-state index contributed by atoms with van der Waals surface area (Å²) in [7, 11) is 3.05. The molecule has 0 radical (unpaired) electrons. The summed E-state index contributed by atoms with van der Waals surface area (Å²) in [5.74, 6) is 0.995.